The normalized spacial score (nSPS) is 20.6. The van der Waals surface area contributed by atoms with E-state index in [-0.39, 0.29) is 59.9 Å². The smallest absolute Gasteiger partial charge is 0.248 e. The molecule has 0 aromatic heterocycles. The van der Waals surface area contributed by atoms with Crippen LogP contribution in [0, 0.1) is 0 Å². The average Bonchev–Trinajstić information content (AvgIpc) is 3.67. The molecule has 0 spiro atoms. The Morgan fingerprint density at radius 3 is 2.33 bits per heavy atom. The van der Waals surface area contributed by atoms with Crippen molar-refractivity contribution >= 4 is 41.4 Å². The zero-order valence-electron chi connectivity index (χ0n) is 32.8. The largest absolute Gasteiger partial charge is 0.507 e. The van der Waals surface area contributed by atoms with Crippen molar-refractivity contribution in [1.82, 2.24) is 36.4 Å². The number of phenolic OH excluding ortho intramolecular Hbond substituents is 2. The fourth-order valence-corrected chi connectivity index (χ4v) is 7.09. The Balaban J connectivity index is 1.72. The van der Waals surface area contributed by atoms with Crippen molar-refractivity contribution in [3.8, 4) is 22.6 Å². The summed E-state index contributed by atoms with van der Waals surface area (Å²) in [5.41, 5.74) is 12.1. The molecule has 0 radical (unpaired) electrons. The number of hydrogen-bond donors (Lipinski definition) is 9. The maximum Gasteiger partial charge on any atom is 0.248 e. The van der Waals surface area contributed by atoms with E-state index in [1.165, 1.54) is 62.2 Å². The predicted octanol–water partition coefficient (Wildman–Crippen LogP) is -0.986. The first-order valence-electron chi connectivity index (χ1n) is 19.1. The highest BCUT2D eigenvalue weighted by Gasteiger charge is 2.38. The van der Waals surface area contributed by atoms with Crippen LogP contribution in [0.2, 0.25) is 0 Å². The van der Waals surface area contributed by atoms with E-state index >= 15 is 0 Å². The van der Waals surface area contributed by atoms with Gasteiger partial charge in [-0.25, -0.2) is 0 Å². The van der Waals surface area contributed by atoms with Crippen molar-refractivity contribution in [2.24, 2.45) is 11.5 Å². The molecule has 310 valence electrons. The van der Waals surface area contributed by atoms with Crippen molar-refractivity contribution in [2.45, 2.75) is 95.0 Å². The van der Waals surface area contributed by atoms with Crippen molar-refractivity contribution in [3.63, 3.8) is 0 Å². The minimum absolute atomic E-state index is 0.101. The van der Waals surface area contributed by atoms with Crippen LogP contribution in [0.5, 0.6) is 11.5 Å². The molecule has 2 aliphatic rings. The fourth-order valence-electron chi connectivity index (χ4n) is 7.09. The summed E-state index contributed by atoms with van der Waals surface area (Å²) in [7, 11) is 3.08. The number of likely N-dealkylation sites (N-methyl/N-ethyl adjacent to an activating group) is 1. The number of nitrogens with two attached hydrogens (primary N) is 2. The molecule has 2 aromatic rings. The van der Waals surface area contributed by atoms with Gasteiger partial charge in [-0.1, -0.05) is 12.1 Å². The maximum atomic E-state index is 14.2. The number of hydrogen-bond acceptors (Lipinski definition) is 11. The summed E-state index contributed by atoms with van der Waals surface area (Å²) < 4.78 is 0. The molecule has 2 aromatic carbocycles. The molecule has 2 heterocycles. The van der Waals surface area contributed by atoms with Gasteiger partial charge in [0.05, 0.1) is 0 Å². The summed E-state index contributed by atoms with van der Waals surface area (Å²) >= 11 is 0. The number of nitrogens with zero attached hydrogens (tertiary/aromatic N) is 2. The minimum atomic E-state index is -1.41. The number of aromatic hydroxyl groups is 2. The van der Waals surface area contributed by atoms with Crippen LogP contribution < -0.4 is 38.1 Å². The third kappa shape index (κ3) is 11.0. The third-order valence-electron chi connectivity index (χ3n) is 10.3. The van der Waals surface area contributed by atoms with E-state index in [9.17, 15) is 43.8 Å². The van der Waals surface area contributed by atoms with E-state index in [4.69, 9.17) is 11.5 Å². The first-order valence-corrected chi connectivity index (χ1v) is 19.1. The summed E-state index contributed by atoms with van der Waals surface area (Å²) in [6, 6.07) is 1.71. The van der Waals surface area contributed by atoms with Crippen molar-refractivity contribution < 1.29 is 43.8 Å². The standard InChI is InChI=1S/C39H55N9O9/c1-21-35(53)46-28(36(54)44-22(2)38(56)48-17-7-9-29(48)34(41)52)19-23-10-12-30(49)25(18-23)26-20-24(11-13-31(26)50)33(37(55)43-21)47(4)39(57)27(8-5-6-15-40)45-32(51)14-16-42-3/h10-13,18,20-22,27-29,33,42,49-50H,5-9,14-17,19,40H2,1-4H3,(H2,41,52)(H,43,55)(H,44,54)(H,45,51)(H,46,53)/t21-,22-,27-,28-,29-,33-/m0/s1. The summed E-state index contributed by atoms with van der Waals surface area (Å²) in [6.07, 6.45) is 2.27. The first-order chi connectivity index (χ1) is 27.1. The Bertz CT molecular complexity index is 1840. The van der Waals surface area contributed by atoms with Crippen LogP contribution in [-0.2, 0) is 40.0 Å². The lowest BCUT2D eigenvalue weighted by Crippen LogP contribution is -2.58. The zero-order chi connectivity index (χ0) is 42.0. The topological polar surface area (TPSA) is 279 Å². The van der Waals surface area contributed by atoms with Crippen molar-refractivity contribution in [1.29, 1.82) is 0 Å². The van der Waals surface area contributed by atoms with E-state index < -0.39 is 71.7 Å². The summed E-state index contributed by atoms with van der Waals surface area (Å²) in [4.78, 5) is 96.5. The number of amides is 7. The van der Waals surface area contributed by atoms with Crippen molar-refractivity contribution in [3.05, 3.63) is 47.5 Å². The molecule has 57 heavy (non-hydrogen) atoms. The van der Waals surface area contributed by atoms with E-state index in [1.807, 2.05) is 0 Å². The van der Waals surface area contributed by atoms with Gasteiger partial charge in [0, 0.05) is 44.1 Å². The number of nitrogens with one attached hydrogen (secondary N) is 5. The number of primary amides is 1. The van der Waals surface area contributed by atoms with Crippen LogP contribution in [0.1, 0.15) is 69.5 Å². The van der Waals surface area contributed by atoms with Crippen LogP contribution >= 0.6 is 0 Å². The molecule has 1 fully saturated rings. The highest BCUT2D eigenvalue weighted by Crippen LogP contribution is 2.39. The molecular formula is C39H55N9O9. The van der Waals surface area contributed by atoms with E-state index in [0.29, 0.717) is 44.3 Å². The van der Waals surface area contributed by atoms with Gasteiger partial charge in [-0.3, -0.25) is 33.6 Å². The summed E-state index contributed by atoms with van der Waals surface area (Å²) in [6.45, 7) is 3.88. The quantitative estimate of drug-likeness (QED) is 0.105. The van der Waals surface area contributed by atoms with Gasteiger partial charge in [-0.2, -0.15) is 0 Å². The van der Waals surface area contributed by atoms with Gasteiger partial charge in [0.2, 0.25) is 41.4 Å². The van der Waals surface area contributed by atoms with Gasteiger partial charge in [0.1, 0.15) is 47.8 Å². The number of carbonyl (C=O) groups excluding carboxylic acids is 7. The molecule has 0 aliphatic carbocycles. The highest BCUT2D eigenvalue weighted by atomic mass is 16.3. The molecule has 18 heteroatoms. The molecule has 4 bridgehead atoms. The molecule has 0 unspecified atom stereocenters. The SMILES string of the molecule is CNCCC(=O)N[C@@H](CCCCN)C(=O)N(C)[C@@H]1C(=O)N[C@@H](C)C(=O)N[C@H](C(=O)N[C@@H](C)C(=O)N2CCC[C@H]2C(N)=O)Cc2ccc(O)c(c2)-c2cc1ccc2O. The maximum absolute atomic E-state index is 14.2. The van der Waals surface area contributed by atoms with Gasteiger partial charge in [-0.05, 0) is 94.9 Å². The van der Waals surface area contributed by atoms with Gasteiger partial charge < -0.3 is 58.1 Å². The van der Waals surface area contributed by atoms with Crippen LogP contribution in [0.4, 0.5) is 0 Å². The number of phenols is 2. The van der Waals surface area contributed by atoms with Gasteiger partial charge in [-0.15, -0.1) is 0 Å². The number of benzene rings is 2. The third-order valence-corrected chi connectivity index (χ3v) is 10.3. The van der Waals surface area contributed by atoms with E-state index in [1.54, 1.807) is 7.05 Å². The fraction of sp³-hybridized carbons (Fsp3) is 0.513. The van der Waals surface area contributed by atoms with Crippen LogP contribution in [0.3, 0.4) is 0 Å². The van der Waals surface area contributed by atoms with E-state index in [2.05, 4.69) is 26.6 Å². The monoisotopic (exact) mass is 793 g/mol. The molecule has 11 N–H and O–H groups in total. The van der Waals surface area contributed by atoms with Gasteiger partial charge >= 0.3 is 0 Å². The molecule has 6 atom stereocenters. The Morgan fingerprint density at radius 1 is 0.982 bits per heavy atom. The number of fused-ring (bicyclic) bond motifs is 5. The predicted molar refractivity (Wildman–Crippen MR) is 209 cm³/mol. The van der Waals surface area contributed by atoms with Crippen LogP contribution in [-0.4, -0.2) is 125 Å². The Morgan fingerprint density at radius 2 is 1.67 bits per heavy atom. The summed E-state index contributed by atoms with van der Waals surface area (Å²) in [5.74, 6) is -4.97. The average molecular weight is 794 g/mol. The second-order valence-corrected chi connectivity index (χ2v) is 14.6. The van der Waals surface area contributed by atoms with Crippen LogP contribution in [0.25, 0.3) is 11.1 Å². The molecule has 0 saturated carbocycles. The first kappa shape index (κ1) is 44.0. The lowest BCUT2D eigenvalue weighted by molar-refractivity contribution is -0.143. The Hall–Kier alpha value is -5.75. The van der Waals surface area contributed by atoms with Gasteiger partial charge in [0.15, 0.2) is 0 Å². The molecule has 7 amide bonds. The lowest BCUT2D eigenvalue weighted by Gasteiger charge is -2.32. The number of rotatable bonds is 14. The number of unbranched alkanes of at least 4 members (excludes halogenated alkanes) is 1. The Kier molecular flexibility index (Phi) is 15.4. The number of carbonyl (C=O) groups is 7. The lowest BCUT2D eigenvalue weighted by atomic mass is 9.93. The number of likely N-dealkylation sites (tertiary alicyclic amines) is 1. The molecule has 1 saturated heterocycles. The molecule has 4 rings (SSSR count). The van der Waals surface area contributed by atoms with Crippen LogP contribution in [0.15, 0.2) is 36.4 Å². The van der Waals surface area contributed by atoms with E-state index in [0.717, 1.165) is 4.90 Å². The highest BCUT2D eigenvalue weighted by molar-refractivity contribution is 5.97. The minimum Gasteiger partial charge on any atom is -0.507 e. The van der Waals surface area contributed by atoms with Crippen molar-refractivity contribution in [2.75, 3.05) is 33.7 Å². The molecule has 2 aliphatic heterocycles. The Labute approximate surface area is 331 Å². The van der Waals surface area contributed by atoms with Gasteiger partial charge in [0.25, 0.3) is 0 Å². The second-order valence-electron chi connectivity index (χ2n) is 14.6. The summed E-state index contributed by atoms with van der Waals surface area (Å²) in [5, 5.41) is 35.7. The second kappa shape index (κ2) is 19.9. The molecular weight excluding hydrogens is 738 g/mol. The zero-order valence-corrected chi connectivity index (χ0v) is 32.8. The molecule has 18 nitrogen and oxygen atoms in total.